The fourth-order valence-electron chi connectivity index (χ4n) is 8.05. The zero-order valence-electron chi connectivity index (χ0n) is 31.2. The molecule has 10 aromatic rings. The summed E-state index contributed by atoms with van der Waals surface area (Å²) in [6.45, 7) is 2.23. The highest BCUT2D eigenvalue weighted by Crippen LogP contribution is 2.38. The number of benzene rings is 7. The molecule has 0 aliphatic heterocycles. The van der Waals surface area contributed by atoms with Crippen LogP contribution in [-0.4, -0.2) is 19.9 Å². The van der Waals surface area contributed by atoms with E-state index in [1.807, 2.05) is 18.2 Å². The first-order valence-corrected chi connectivity index (χ1v) is 19.5. The van der Waals surface area contributed by atoms with E-state index in [1.54, 1.807) is 0 Å². The summed E-state index contributed by atoms with van der Waals surface area (Å²) in [7, 11) is 0. The van der Waals surface area contributed by atoms with E-state index in [0.717, 1.165) is 70.1 Å². The van der Waals surface area contributed by atoms with Gasteiger partial charge in [0.05, 0.1) is 34.2 Å². The molecule has 0 fully saturated rings. The average molecular weight is 719 g/mol. The van der Waals surface area contributed by atoms with E-state index in [2.05, 4.69) is 165 Å². The summed E-state index contributed by atoms with van der Waals surface area (Å²) in [5.41, 5.74) is 9.37. The predicted molar refractivity (Wildman–Crippen MR) is 233 cm³/mol. The van der Waals surface area contributed by atoms with Crippen LogP contribution < -0.4 is 0 Å². The molecule has 3 aromatic heterocycles. The number of hydrogen-bond donors (Lipinski definition) is 0. The molecule has 0 atom stereocenters. The lowest BCUT2D eigenvalue weighted by molar-refractivity contribution is 0.795. The molecule has 0 saturated heterocycles. The van der Waals surface area contributed by atoms with E-state index in [9.17, 15) is 0 Å². The van der Waals surface area contributed by atoms with Gasteiger partial charge in [-0.2, -0.15) is 0 Å². The van der Waals surface area contributed by atoms with Gasteiger partial charge in [-0.05, 0) is 104 Å². The zero-order chi connectivity index (χ0) is 37.4. The van der Waals surface area contributed by atoms with Crippen LogP contribution in [0.2, 0.25) is 0 Å². The van der Waals surface area contributed by atoms with Crippen molar-refractivity contribution in [2.24, 2.45) is 0 Å². The van der Waals surface area contributed by atoms with Crippen molar-refractivity contribution in [2.45, 2.75) is 26.2 Å². The average Bonchev–Trinajstić information content (AvgIpc) is 3.26. The number of rotatable bonds is 8. The number of unbranched alkanes of at least 4 members (excludes halogenated alkanes) is 1. The van der Waals surface area contributed by atoms with Crippen LogP contribution in [0, 0.1) is 0 Å². The Morgan fingerprint density at radius 2 is 0.768 bits per heavy atom. The van der Waals surface area contributed by atoms with Crippen LogP contribution in [0.15, 0.2) is 176 Å². The molecule has 0 bridgehead atoms. The van der Waals surface area contributed by atoms with Crippen LogP contribution in [0.5, 0.6) is 0 Å². The normalized spacial score (nSPS) is 11.5. The van der Waals surface area contributed by atoms with Gasteiger partial charge < -0.3 is 0 Å². The minimum Gasteiger partial charge on any atom is -0.246 e. The quantitative estimate of drug-likeness (QED) is 0.147. The number of fused-ring (bicyclic) bond motifs is 4. The van der Waals surface area contributed by atoms with Crippen LogP contribution in [-0.2, 0) is 6.42 Å². The molecule has 266 valence electrons. The number of pyridine rings is 2. The largest absolute Gasteiger partial charge is 0.246 e. The van der Waals surface area contributed by atoms with Gasteiger partial charge in [-0.3, -0.25) is 0 Å². The van der Waals surface area contributed by atoms with E-state index in [-0.39, 0.29) is 0 Å². The van der Waals surface area contributed by atoms with Gasteiger partial charge in [0, 0.05) is 16.7 Å². The minimum atomic E-state index is 0.644. The second-order valence-corrected chi connectivity index (χ2v) is 14.5. The monoisotopic (exact) mass is 718 g/mol. The molecule has 7 aromatic carbocycles. The Balaban J connectivity index is 1.15. The van der Waals surface area contributed by atoms with Crippen LogP contribution in [0.1, 0.15) is 25.3 Å². The standard InChI is InChI=1S/C52H38N4/c1-2-3-14-34-27-29-35(30-28-34)52-55-48(44-23-12-25-46(53-44)50-40-19-8-4-15-36(40)31-37-16-5-9-20-41(37)50)33-49(56-52)45-24-13-26-47(54-45)51-42-21-10-6-17-38(42)32-39-18-7-11-22-43(39)51/h4-13,15-33H,2-3,14H2,1H3. The van der Waals surface area contributed by atoms with E-state index in [0.29, 0.717) is 5.82 Å². The van der Waals surface area contributed by atoms with Crippen molar-refractivity contribution in [3.05, 3.63) is 181 Å². The highest BCUT2D eigenvalue weighted by molar-refractivity contribution is 6.13. The van der Waals surface area contributed by atoms with Crippen molar-refractivity contribution in [3.8, 4) is 56.7 Å². The third kappa shape index (κ3) is 6.15. The number of aromatic nitrogens is 4. The van der Waals surface area contributed by atoms with Crippen molar-refractivity contribution >= 4 is 43.1 Å². The number of aryl methyl sites for hydroxylation is 1. The fraction of sp³-hybridized carbons (Fsp3) is 0.0769. The summed E-state index contributed by atoms with van der Waals surface area (Å²) in [5, 5.41) is 9.43. The molecule has 4 nitrogen and oxygen atoms in total. The second-order valence-electron chi connectivity index (χ2n) is 14.5. The third-order valence-electron chi connectivity index (χ3n) is 10.8. The molecule has 3 heterocycles. The van der Waals surface area contributed by atoms with Gasteiger partial charge in [-0.25, -0.2) is 19.9 Å². The minimum absolute atomic E-state index is 0.644. The van der Waals surface area contributed by atoms with E-state index in [1.165, 1.54) is 48.7 Å². The summed E-state index contributed by atoms with van der Waals surface area (Å²) in [6.07, 6.45) is 3.39. The maximum atomic E-state index is 5.35. The van der Waals surface area contributed by atoms with Crippen LogP contribution in [0.3, 0.4) is 0 Å². The highest BCUT2D eigenvalue weighted by Gasteiger charge is 2.17. The summed E-state index contributed by atoms with van der Waals surface area (Å²) in [5.74, 6) is 0.644. The Morgan fingerprint density at radius 3 is 1.20 bits per heavy atom. The Hall–Kier alpha value is -7.04. The fourth-order valence-corrected chi connectivity index (χ4v) is 8.05. The molecular weight excluding hydrogens is 681 g/mol. The Morgan fingerprint density at radius 1 is 0.357 bits per heavy atom. The molecule has 0 aliphatic carbocycles. The summed E-state index contributed by atoms with van der Waals surface area (Å²) in [4.78, 5) is 21.1. The van der Waals surface area contributed by atoms with Gasteiger partial charge in [0.15, 0.2) is 5.82 Å². The lowest BCUT2D eigenvalue weighted by Gasteiger charge is -2.14. The van der Waals surface area contributed by atoms with Gasteiger partial charge in [0.1, 0.15) is 0 Å². The predicted octanol–water partition coefficient (Wildman–Crippen LogP) is 13.6. The Bertz CT molecular complexity index is 2790. The van der Waals surface area contributed by atoms with Crippen molar-refractivity contribution in [1.82, 2.24) is 19.9 Å². The molecule has 0 unspecified atom stereocenters. The molecule has 0 spiro atoms. The first-order valence-electron chi connectivity index (χ1n) is 19.5. The molecule has 56 heavy (non-hydrogen) atoms. The summed E-state index contributed by atoms with van der Waals surface area (Å²) >= 11 is 0. The Labute approximate surface area is 326 Å². The first-order chi connectivity index (χ1) is 27.7. The molecule has 0 saturated carbocycles. The molecule has 0 aliphatic rings. The second kappa shape index (κ2) is 14.3. The van der Waals surface area contributed by atoms with Gasteiger partial charge >= 0.3 is 0 Å². The van der Waals surface area contributed by atoms with Gasteiger partial charge in [-0.1, -0.05) is 147 Å². The van der Waals surface area contributed by atoms with Crippen molar-refractivity contribution in [1.29, 1.82) is 0 Å². The van der Waals surface area contributed by atoms with Crippen molar-refractivity contribution < 1.29 is 0 Å². The number of hydrogen-bond acceptors (Lipinski definition) is 4. The first kappa shape index (κ1) is 33.5. The maximum absolute atomic E-state index is 5.35. The third-order valence-corrected chi connectivity index (χ3v) is 10.8. The molecule has 0 amide bonds. The van der Waals surface area contributed by atoms with Gasteiger partial charge in [0.25, 0.3) is 0 Å². The molecule has 0 N–H and O–H groups in total. The smallest absolute Gasteiger partial charge is 0.160 e. The van der Waals surface area contributed by atoms with Crippen molar-refractivity contribution in [2.75, 3.05) is 0 Å². The lowest BCUT2D eigenvalue weighted by atomic mass is 9.94. The van der Waals surface area contributed by atoms with E-state index in [4.69, 9.17) is 19.9 Å². The molecular formula is C52H38N4. The lowest BCUT2D eigenvalue weighted by Crippen LogP contribution is -1.99. The van der Waals surface area contributed by atoms with Gasteiger partial charge in [-0.15, -0.1) is 0 Å². The zero-order valence-corrected chi connectivity index (χ0v) is 31.2. The Kier molecular flexibility index (Phi) is 8.57. The van der Waals surface area contributed by atoms with Crippen LogP contribution in [0.25, 0.3) is 99.8 Å². The van der Waals surface area contributed by atoms with Gasteiger partial charge in [0.2, 0.25) is 0 Å². The van der Waals surface area contributed by atoms with Crippen LogP contribution in [0.4, 0.5) is 0 Å². The molecule has 10 rings (SSSR count). The number of nitrogens with zero attached hydrogens (tertiary/aromatic N) is 4. The maximum Gasteiger partial charge on any atom is 0.160 e. The summed E-state index contributed by atoms with van der Waals surface area (Å²) < 4.78 is 0. The summed E-state index contributed by atoms with van der Waals surface area (Å²) in [6, 6.07) is 62.0. The topological polar surface area (TPSA) is 51.6 Å². The molecule has 4 heteroatoms. The SMILES string of the molecule is CCCCc1ccc(-c2nc(-c3cccc(-c4c5ccccc5cc5ccccc45)n3)cc(-c3cccc(-c4c5ccccc5cc5ccccc45)n3)n2)cc1. The van der Waals surface area contributed by atoms with E-state index >= 15 is 0 Å². The molecule has 0 radical (unpaired) electrons. The van der Waals surface area contributed by atoms with E-state index < -0.39 is 0 Å². The van der Waals surface area contributed by atoms with Crippen molar-refractivity contribution in [3.63, 3.8) is 0 Å². The highest BCUT2D eigenvalue weighted by atomic mass is 14.9. The van der Waals surface area contributed by atoms with Crippen LogP contribution >= 0.6 is 0 Å².